The molecule has 1 aliphatic heterocycles. The van der Waals surface area contributed by atoms with Crippen molar-refractivity contribution in [2.75, 3.05) is 18.4 Å². The molecule has 0 saturated carbocycles. The van der Waals surface area contributed by atoms with Crippen LogP contribution in [0.5, 0.6) is 0 Å². The molecular formula is C9H12BrNO3S2. The van der Waals surface area contributed by atoms with Crippen LogP contribution in [0.2, 0.25) is 0 Å². The lowest BCUT2D eigenvalue weighted by atomic mass is 10.2. The van der Waals surface area contributed by atoms with Crippen LogP contribution in [0, 0.1) is 0 Å². The number of fused-ring (bicyclic) bond motifs is 1. The second-order valence-electron chi connectivity index (χ2n) is 3.58. The first-order valence-electron chi connectivity index (χ1n) is 4.89. The van der Waals surface area contributed by atoms with Gasteiger partial charge < -0.3 is 5.11 Å². The van der Waals surface area contributed by atoms with Crippen molar-refractivity contribution in [3.63, 3.8) is 0 Å². The van der Waals surface area contributed by atoms with Gasteiger partial charge >= 0.3 is 0 Å². The Morgan fingerprint density at radius 2 is 2.38 bits per heavy atom. The Labute approximate surface area is 107 Å². The summed E-state index contributed by atoms with van der Waals surface area (Å²) < 4.78 is 25.9. The van der Waals surface area contributed by atoms with Crippen LogP contribution in [0.15, 0.2) is 15.7 Å². The topological polar surface area (TPSA) is 57.6 Å². The molecule has 2 heterocycles. The van der Waals surface area contributed by atoms with E-state index in [1.165, 1.54) is 15.6 Å². The smallest absolute Gasteiger partial charge is 0.253 e. The van der Waals surface area contributed by atoms with Crippen molar-refractivity contribution in [3.05, 3.63) is 17.0 Å². The lowest BCUT2D eigenvalue weighted by molar-refractivity contribution is 0.139. The van der Waals surface area contributed by atoms with Gasteiger partial charge in [0, 0.05) is 24.0 Å². The Hall–Kier alpha value is 0.0500. The molecule has 0 amide bonds. The molecule has 1 aromatic rings. The van der Waals surface area contributed by atoms with Gasteiger partial charge in [0.1, 0.15) is 4.21 Å². The van der Waals surface area contributed by atoms with Gasteiger partial charge in [-0.25, -0.2) is 8.42 Å². The molecule has 16 heavy (non-hydrogen) atoms. The summed E-state index contributed by atoms with van der Waals surface area (Å²) in [6.07, 6.45) is 0.0484. The van der Waals surface area contributed by atoms with Gasteiger partial charge in [-0.1, -0.05) is 15.9 Å². The Morgan fingerprint density at radius 1 is 1.62 bits per heavy atom. The SMILES string of the molecule is O=S1(=O)c2sccc2C(O)CN1CCCBr. The van der Waals surface area contributed by atoms with Gasteiger partial charge in [-0.15, -0.1) is 11.3 Å². The Bertz CT molecular complexity index is 471. The molecular weight excluding hydrogens is 314 g/mol. The van der Waals surface area contributed by atoms with Crippen LogP contribution in [0.4, 0.5) is 0 Å². The third-order valence-electron chi connectivity index (χ3n) is 2.51. The average Bonchev–Trinajstić information content (AvgIpc) is 2.71. The largest absolute Gasteiger partial charge is 0.387 e. The monoisotopic (exact) mass is 325 g/mol. The third kappa shape index (κ3) is 2.06. The summed E-state index contributed by atoms with van der Waals surface area (Å²) in [7, 11) is -3.37. The molecule has 2 rings (SSSR count). The summed E-state index contributed by atoms with van der Waals surface area (Å²) in [6.45, 7) is 0.612. The minimum Gasteiger partial charge on any atom is -0.387 e. The zero-order chi connectivity index (χ0) is 11.8. The number of nitrogens with zero attached hydrogens (tertiary/aromatic N) is 1. The van der Waals surface area contributed by atoms with Crippen molar-refractivity contribution < 1.29 is 13.5 Å². The lowest BCUT2D eigenvalue weighted by Crippen LogP contribution is -2.39. The second-order valence-corrected chi connectivity index (χ2v) is 7.43. The quantitative estimate of drug-likeness (QED) is 0.858. The summed E-state index contributed by atoms with van der Waals surface area (Å²) >= 11 is 4.44. The summed E-state index contributed by atoms with van der Waals surface area (Å²) in [5.74, 6) is 0. The number of hydrogen-bond acceptors (Lipinski definition) is 4. The van der Waals surface area contributed by atoms with E-state index in [4.69, 9.17) is 0 Å². The molecule has 0 bridgehead atoms. The van der Waals surface area contributed by atoms with Crippen LogP contribution < -0.4 is 0 Å². The molecule has 1 aromatic heterocycles. The standard InChI is InChI=1S/C9H12BrNO3S2/c10-3-1-4-11-6-8(12)7-2-5-15-9(7)16(11,13)14/h2,5,8,12H,1,3-4,6H2. The van der Waals surface area contributed by atoms with Crippen molar-refractivity contribution in [3.8, 4) is 0 Å². The zero-order valence-corrected chi connectivity index (χ0v) is 11.7. The molecule has 1 aliphatic rings. The molecule has 1 N–H and O–H groups in total. The van der Waals surface area contributed by atoms with E-state index < -0.39 is 16.1 Å². The fraction of sp³-hybridized carbons (Fsp3) is 0.556. The number of hydrogen-bond donors (Lipinski definition) is 1. The number of rotatable bonds is 3. The van der Waals surface area contributed by atoms with Gasteiger partial charge in [0.2, 0.25) is 0 Å². The van der Waals surface area contributed by atoms with E-state index >= 15 is 0 Å². The first-order chi connectivity index (χ1) is 7.57. The van der Waals surface area contributed by atoms with Gasteiger partial charge in [0.25, 0.3) is 10.0 Å². The van der Waals surface area contributed by atoms with Gasteiger partial charge in [-0.2, -0.15) is 4.31 Å². The molecule has 0 saturated heterocycles. The maximum absolute atomic E-state index is 12.1. The first-order valence-corrected chi connectivity index (χ1v) is 8.33. The molecule has 1 atom stereocenters. The van der Waals surface area contributed by atoms with Gasteiger partial charge in [-0.05, 0) is 17.9 Å². The first kappa shape index (κ1) is 12.5. The minimum atomic E-state index is -3.37. The molecule has 0 radical (unpaired) electrons. The number of aliphatic hydroxyl groups is 1. The maximum atomic E-state index is 12.1. The maximum Gasteiger partial charge on any atom is 0.253 e. The molecule has 1 unspecified atom stereocenters. The van der Waals surface area contributed by atoms with E-state index in [2.05, 4.69) is 15.9 Å². The Kier molecular flexibility index (Phi) is 3.70. The molecule has 90 valence electrons. The van der Waals surface area contributed by atoms with Crippen molar-refractivity contribution in [1.82, 2.24) is 4.31 Å². The van der Waals surface area contributed by atoms with Crippen molar-refractivity contribution in [1.29, 1.82) is 0 Å². The highest BCUT2D eigenvalue weighted by Gasteiger charge is 2.36. The summed E-state index contributed by atoms with van der Waals surface area (Å²) in [5.41, 5.74) is 0.542. The summed E-state index contributed by atoms with van der Waals surface area (Å²) in [6, 6.07) is 1.68. The second kappa shape index (κ2) is 4.73. The molecule has 0 aromatic carbocycles. The van der Waals surface area contributed by atoms with Crippen LogP contribution >= 0.6 is 27.3 Å². The van der Waals surface area contributed by atoms with E-state index in [9.17, 15) is 13.5 Å². The van der Waals surface area contributed by atoms with Crippen LogP contribution in [0.3, 0.4) is 0 Å². The van der Waals surface area contributed by atoms with Crippen LogP contribution in [-0.2, 0) is 10.0 Å². The molecule has 7 heteroatoms. The van der Waals surface area contributed by atoms with E-state index in [-0.39, 0.29) is 6.54 Å². The van der Waals surface area contributed by atoms with Crippen LogP contribution in [0.1, 0.15) is 18.1 Å². The van der Waals surface area contributed by atoms with Gasteiger partial charge in [0.05, 0.1) is 6.10 Å². The Morgan fingerprint density at radius 3 is 3.06 bits per heavy atom. The van der Waals surface area contributed by atoms with E-state index in [1.807, 2.05) is 0 Å². The van der Waals surface area contributed by atoms with E-state index in [0.717, 1.165) is 11.8 Å². The summed E-state index contributed by atoms with van der Waals surface area (Å²) in [5, 5.41) is 12.3. The van der Waals surface area contributed by atoms with Crippen LogP contribution in [0.25, 0.3) is 0 Å². The van der Waals surface area contributed by atoms with Gasteiger partial charge in [-0.3, -0.25) is 0 Å². The number of thiophene rings is 1. The normalized spacial score (nSPS) is 24.2. The highest BCUT2D eigenvalue weighted by molar-refractivity contribution is 9.09. The van der Waals surface area contributed by atoms with Crippen LogP contribution in [-0.4, -0.2) is 36.2 Å². The predicted molar refractivity (Wildman–Crippen MR) is 66.4 cm³/mol. The highest BCUT2D eigenvalue weighted by atomic mass is 79.9. The molecule has 0 fully saturated rings. The zero-order valence-electron chi connectivity index (χ0n) is 8.47. The number of sulfonamides is 1. The molecule has 0 spiro atoms. The molecule has 0 aliphatic carbocycles. The number of halogens is 1. The van der Waals surface area contributed by atoms with Crippen molar-refractivity contribution in [2.24, 2.45) is 0 Å². The summed E-state index contributed by atoms with van der Waals surface area (Å²) in [4.78, 5) is 0. The Balaban J connectivity index is 2.34. The third-order valence-corrected chi connectivity index (χ3v) is 6.43. The number of alkyl halides is 1. The van der Waals surface area contributed by atoms with E-state index in [0.29, 0.717) is 16.3 Å². The number of β-amino-alcohol motifs (C(OH)–C–C–N with tert-alkyl or cyclic N) is 1. The predicted octanol–water partition coefficient (Wildman–Crippen LogP) is 1.57. The average molecular weight is 326 g/mol. The highest BCUT2D eigenvalue weighted by Crippen LogP contribution is 2.35. The number of aliphatic hydroxyl groups excluding tert-OH is 1. The fourth-order valence-corrected chi connectivity index (χ4v) is 5.06. The van der Waals surface area contributed by atoms with Crippen molar-refractivity contribution in [2.45, 2.75) is 16.7 Å². The fourth-order valence-electron chi connectivity index (χ4n) is 1.72. The van der Waals surface area contributed by atoms with E-state index in [1.54, 1.807) is 11.4 Å². The van der Waals surface area contributed by atoms with Crippen molar-refractivity contribution >= 4 is 37.3 Å². The lowest BCUT2D eigenvalue weighted by Gasteiger charge is -2.29. The molecule has 4 nitrogen and oxygen atoms in total. The minimum absolute atomic E-state index is 0.166. The van der Waals surface area contributed by atoms with Gasteiger partial charge in [0.15, 0.2) is 0 Å².